The number of piperazine rings is 1. The Bertz CT molecular complexity index is 339. The molecule has 1 aliphatic rings. The van der Waals surface area contributed by atoms with Gasteiger partial charge in [-0.25, -0.2) is 0 Å². The molecule has 0 aromatic rings. The van der Waals surface area contributed by atoms with Crippen molar-refractivity contribution in [2.75, 3.05) is 32.7 Å². The van der Waals surface area contributed by atoms with E-state index in [1.807, 2.05) is 0 Å². The third-order valence-corrected chi connectivity index (χ3v) is 3.16. The van der Waals surface area contributed by atoms with E-state index >= 15 is 0 Å². The predicted octanol–water partition coefficient (Wildman–Crippen LogP) is 1.34. The molecule has 1 aliphatic heterocycles. The number of halogens is 3. The average Bonchev–Trinajstić information content (AvgIpc) is 2.33. The summed E-state index contributed by atoms with van der Waals surface area (Å²) < 4.78 is 36.6. The first-order chi connectivity index (χ1) is 9.28. The number of carboxylic acid groups (broad SMARTS) is 1. The highest BCUT2D eigenvalue weighted by atomic mass is 19.4. The first kappa shape index (κ1) is 16.7. The summed E-state index contributed by atoms with van der Waals surface area (Å²) in [6.45, 7) is 0.107. The fraction of sp³-hybridized carbons (Fsp3) is 0.833. The number of carbonyl (C=O) groups is 2. The number of nitrogens with zero attached hydrogens (tertiary/aromatic N) is 2. The second kappa shape index (κ2) is 7.47. The first-order valence-electron chi connectivity index (χ1n) is 6.56. The van der Waals surface area contributed by atoms with Crippen LogP contribution in [0.2, 0.25) is 0 Å². The van der Waals surface area contributed by atoms with Crippen LogP contribution in [0.1, 0.15) is 25.7 Å². The quantitative estimate of drug-likeness (QED) is 0.751. The van der Waals surface area contributed by atoms with Gasteiger partial charge in [0, 0.05) is 39.0 Å². The topological polar surface area (TPSA) is 60.9 Å². The molecule has 0 aliphatic carbocycles. The molecular weight excluding hydrogens is 277 g/mol. The van der Waals surface area contributed by atoms with E-state index in [2.05, 4.69) is 0 Å². The normalized spacial score (nSPS) is 17.2. The van der Waals surface area contributed by atoms with Crippen molar-refractivity contribution in [3.05, 3.63) is 0 Å². The van der Waals surface area contributed by atoms with Crippen LogP contribution in [0.4, 0.5) is 13.2 Å². The molecule has 0 atom stereocenters. The molecule has 0 aromatic carbocycles. The molecule has 20 heavy (non-hydrogen) atoms. The fourth-order valence-corrected chi connectivity index (χ4v) is 2.12. The van der Waals surface area contributed by atoms with Gasteiger partial charge in [0.2, 0.25) is 5.91 Å². The highest BCUT2D eigenvalue weighted by Crippen LogP contribution is 2.17. The van der Waals surface area contributed by atoms with Crippen LogP contribution in [0.5, 0.6) is 0 Å². The predicted molar refractivity (Wildman–Crippen MR) is 65.2 cm³/mol. The highest BCUT2D eigenvalue weighted by Gasteiger charge is 2.32. The van der Waals surface area contributed by atoms with Crippen molar-refractivity contribution in [2.24, 2.45) is 0 Å². The second-order valence-electron chi connectivity index (χ2n) is 4.87. The number of unbranched alkanes of at least 4 members (excludes halogenated alkanes) is 1. The first-order valence-corrected chi connectivity index (χ1v) is 6.56. The molecule has 0 radical (unpaired) electrons. The van der Waals surface area contributed by atoms with Crippen LogP contribution in [0.3, 0.4) is 0 Å². The zero-order chi connectivity index (χ0) is 15.2. The molecule has 1 amide bonds. The van der Waals surface area contributed by atoms with Gasteiger partial charge in [-0.15, -0.1) is 0 Å². The number of carbonyl (C=O) groups excluding carboxylic acids is 1. The molecule has 1 saturated heterocycles. The number of hydrogen-bond donors (Lipinski definition) is 1. The number of carboxylic acids is 1. The summed E-state index contributed by atoms with van der Waals surface area (Å²) in [6.07, 6.45) is -2.98. The summed E-state index contributed by atoms with van der Waals surface area (Å²) in [5, 5.41) is 8.46. The third kappa shape index (κ3) is 6.74. The SMILES string of the molecule is O=C(O)CCCCC(=O)N1CCN(CC(F)(F)F)CC1. The van der Waals surface area contributed by atoms with Crippen molar-refractivity contribution in [3.63, 3.8) is 0 Å². The fourth-order valence-electron chi connectivity index (χ4n) is 2.12. The lowest BCUT2D eigenvalue weighted by molar-refractivity contribution is -0.152. The lowest BCUT2D eigenvalue weighted by Gasteiger charge is -2.35. The van der Waals surface area contributed by atoms with Crippen molar-refractivity contribution in [1.29, 1.82) is 0 Å². The molecule has 0 saturated carbocycles. The lowest BCUT2D eigenvalue weighted by Crippen LogP contribution is -2.50. The Morgan fingerprint density at radius 1 is 1.00 bits per heavy atom. The molecule has 1 fully saturated rings. The smallest absolute Gasteiger partial charge is 0.401 e. The summed E-state index contributed by atoms with van der Waals surface area (Å²) in [5.74, 6) is -1.000. The molecule has 5 nitrogen and oxygen atoms in total. The summed E-state index contributed by atoms with van der Waals surface area (Å²) in [4.78, 5) is 24.9. The van der Waals surface area contributed by atoms with Gasteiger partial charge in [-0.05, 0) is 12.8 Å². The Morgan fingerprint density at radius 3 is 2.05 bits per heavy atom. The number of aliphatic carboxylic acids is 1. The zero-order valence-corrected chi connectivity index (χ0v) is 11.2. The van der Waals surface area contributed by atoms with E-state index < -0.39 is 18.7 Å². The Kier molecular flexibility index (Phi) is 6.25. The summed E-state index contributed by atoms with van der Waals surface area (Å²) >= 11 is 0. The van der Waals surface area contributed by atoms with Crippen LogP contribution in [0.15, 0.2) is 0 Å². The highest BCUT2D eigenvalue weighted by molar-refractivity contribution is 5.76. The standard InChI is InChI=1S/C12H19F3N2O3/c13-12(14,15)9-16-5-7-17(8-6-16)10(18)3-1-2-4-11(19)20/h1-9H2,(H,19,20). The minimum absolute atomic E-state index is 0.0344. The van der Waals surface area contributed by atoms with E-state index in [0.29, 0.717) is 25.9 Å². The van der Waals surface area contributed by atoms with Gasteiger partial charge in [-0.3, -0.25) is 14.5 Å². The van der Waals surface area contributed by atoms with Crippen LogP contribution >= 0.6 is 0 Å². The maximum atomic E-state index is 12.2. The Morgan fingerprint density at radius 2 is 1.55 bits per heavy atom. The van der Waals surface area contributed by atoms with Gasteiger partial charge in [0.05, 0.1) is 6.54 Å². The molecule has 1 rings (SSSR count). The maximum Gasteiger partial charge on any atom is 0.401 e. The van der Waals surface area contributed by atoms with Gasteiger partial charge in [0.25, 0.3) is 0 Å². The molecule has 116 valence electrons. The van der Waals surface area contributed by atoms with E-state index in [-0.39, 0.29) is 31.8 Å². The van der Waals surface area contributed by atoms with Gasteiger partial charge in [0.1, 0.15) is 0 Å². The van der Waals surface area contributed by atoms with E-state index in [0.717, 1.165) is 0 Å². The molecule has 0 spiro atoms. The van der Waals surface area contributed by atoms with Crippen molar-refractivity contribution >= 4 is 11.9 Å². The van der Waals surface area contributed by atoms with E-state index in [4.69, 9.17) is 5.11 Å². The van der Waals surface area contributed by atoms with Gasteiger partial charge >= 0.3 is 12.1 Å². The molecule has 0 bridgehead atoms. The second-order valence-corrected chi connectivity index (χ2v) is 4.87. The van der Waals surface area contributed by atoms with Crippen molar-refractivity contribution in [1.82, 2.24) is 9.80 Å². The van der Waals surface area contributed by atoms with Gasteiger partial charge < -0.3 is 10.0 Å². The summed E-state index contributed by atoms with van der Waals surface area (Å²) in [6, 6.07) is 0. The van der Waals surface area contributed by atoms with Crippen LogP contribution < -0.4 is 0 Å². The van der Waals surface area contributed by atoms with Crippen LogP contribution in [-0.4, -0.2) is 65.7 Å². The third-order valence-electron chi connectivity index (χ3n) is 3.16. The minimum Gasteiger partial charge on any atom is -0.481 e. The maximum absolute atomic E-state index is 12.2. The Hall–Kier alpha value is -1.31. The monoisotopic (exact) mass is 296 g/mol. The molecule has 8 heteroatoms. The largest absolute Gasteiger partial charge is 0.481 e. The van der Waals surface area contributed by atoms with Gasteiger partial charge in [-0.2, -0.15) is 13.2 Å². The van der Waals surface area contributed by atoms with Gasteiger partial charge in [-0.1, -0.05) is 0 Å². The van der Waals surface area contributed by atoms with Crippen molar-refractivity contribution in [3.8, 4) is 0 Å². The number of rotatable bonds is 6. The van der Waals surface area contributed by atoms with Crippen LogP contribution in [0.25, 0.3) is 0 Å². The molecule has 1 heterocycles. The number of alkyl halides is 3. The molecular formula is C12H19F3N2O3. The van der Waals surface area contributed by atoms with E-state index in [1.54, 1.807) is 4.90 Å². The lowest BCUT2D eigenvalue weighted by atomic mass is 10.1. The molecule has 1 N–H and O–H groups in total. The molecule has 0 aromatic heterocycles. The molecule has 0 unspecified atom stereocenters. The van der Waals surface area contributed by atoms with Crippen LogP contribution in [-0.2, 0) is 9.59 Å². The zero-order valence-electron chi connectivity index (χ0n) is 11.2. The van der Waals surface area contributed by atoms with Crippen LogP contribution in [0, 0.1) is 0 Å². The van der Waals surface area contributed by atoms with Gasteiger partial charge in [0.15, 0.2) is 0 Å². The average molecular weight is 296 g/mol. The Labute approximate surface area is 115 Å². The van der Waals surface area contributed by atoms with Crippen molar-refractivity contribution in [2.45, 2.75) is 31.9 Å². The van der Waals surface area contributed by atoms with Crippen molar-refractivity contribution < 1.29 is 27.9 Å². The van der Waals surface area contributed by atoms with E-state index in [1.165, 1.54) is 4.90 Å². The summed E-state index contributed by atoms with van der Waals surface area (Å²) in [7, 11) is 0. The minimum atomic E-state index is -4.21. The Balaban J connectivity index is 2.20. The van der Waals surface area contributed by atoms with E-state index in [9.17, 15) is 22.8 Å². The number of amides is 1. The summed E-state index contributed by atoms with van der Waals surface area (Å²) in [5.41, 5.74) is 0. The number of hydrogen-bond acceptors (Lipinski definition) is 3.